The van der Waals surface area contributed by atoms with E-state index in [0.29, 0.717) is 6.42 Å². The third kappa shape index (κ3) is 3.69. The normalized spacial score (nSPS) is 12.0. The van der Waals surface area contributed by atoms with Gasteiger partial charge in [0.1, 0.15) is 0 Å². The van der Waals surface area contributed by atoms with E-state index in [1.165, 1.54) is 18.2 Å². The van der Waals surface area contributed by atoms with Crippen LogP contribution in [0.5, 0.6) is 0 Å². The fourth-order valence-corrected chi connectivity index (χ4v) is 2.56. The first-order valence-corrected chi connectivity index (χ1v) is 7.21. The molecule has 0 spiro atoms. The lowest BCUT2D eigenvalue weighted by Crippen LogP contribution is -2.10. The van der Waals surface area contributed by atoms with E-state index < -0.39 is 0 Å². The van der Waals surface area contributed by atoms with Crippen molar-refractivity contribution in [1.82, 2.24) is 4.98 Å². The number of benzene rings is 1. The van der Waals surface area contributed by atoms with Crippen LogP contribution in [-0.4, -0.2) is 18.1 Å². The summed E-state index contributed by atoms with van der Waals surface area (Å²) >= 11 is 0. The number of esters is 1. The third-order valence-corrected chi connectivity index (χ3v) is 3.86. The number of ether oxygens (including phenoxy) is 1. The van der Waals surface area contributed by atoms with E-state index in [1.807, 2.05) is 12.1 Å². The molecule has 0 amide bonds. The molecule has 3 heteroatoms. The Morgan fingerprint density at radius 3 is 2.52 bits per heavy atom. The molecule has 3 nitrogen and oxygen atoms in total. The molecule has 0 radical (unpaired) electrons. The van der Waals surface area contributed by atoms with Gasteiger partial charge in [0.15, 0.2) is 0 Å². The van der Waals surface area contributed by atoms with E-state index >= 15 is 0 Å². The Labute approximate surface area is 126 Å². The lowest BCUT2D eigenvalue weighted by atomic mass is 9.87. The van der Waals surface area contributed by atoms with Crippen LogP contribution >= 0.6 is 0 Å². The summed E-state index contributed by atoms with van der Waals surface area (Å²) in [5.74, 6) is -0.193. The maximum Gasteiger partial charge on any atom is 0.306 e. The molecule has 1 heterocycles. The lowest BCUT2D eigenvalue weighted by molar-refractivity contribution is -0.140. The molecule has 110 valence electrons. The number of hydrogen-bond acceptors (Lipinski definition) is 3. The zero-order chi connectivity index (χ0) is 15.2. The van der Waals surface area contributed by atoms with E-state index in [1.54, 1.807) is 12.4 Å². The first kappa shape index (κ1) is 15.2. The van der Waals surface area contributed by atoms with Gasteiger partial charge in [-0.3, -0.25) is 9.78 Å². The highest BCUT2D eigenvalue weighted by atomic mass is 16.5. The van der Waals surface area contributed by atoms with E-state index in [4.69, 9.17) is 4.74 Å². The summed E-state index contributed by atoms with van der Waals surface area (Å²) in [6.45, 7) is 4.26. The fraction of sp³-hybridized carbons (Fsp3) is 0.333. The Bertz CT molecular complexity index is 608. The van der Waals surface area contributed by atoms with Crippen LogP contribution in [0.1, 0.15) is 41.5 Å². The first-order chi connectivity index (χ1) is 10.2. The SMILES string of the molecule is CCc1cc(C(CC(=O)OC)c2ccncc2)ccc1C. The van der Waals surface area contributed by atoms with Gasteiger partial charge in [-0.05, 0) is 47.7 Å². The van der Waals surface area contributed by atoms with E-state index in [2.05, 4.69) is 37.0 Å². The molecular weight excluding hydrogens is 262 g/mol. The van der Waals surface area contributed by atoms with Crippen molar-refractivity contribution in [2.45, 2.75) is 32.6 Å². The number of nitrogens with zero attached hydrogens (tertiary/aromatic N) is 1. The molecular formula is C18H21NO2. The van der Waals surface area contributed by atoms with Gasteiger partial charge in [-0.2, -0.15) is 0 Å². The van der Waals surface area contributed by atoms with Crippen LogP contribution in [0.2, 0.25) is 0 Å². The summed E-state index contributed by atoms with van der Waals surface area (Å²) in [5.41, 5.74) is 4.83. The zero-order valence-corrected chi connectivity index (χ0v) is 12.8. The maximum atomic E-state index is 11.8. The molecule has 0 aliphatic heterocycles. The molecule has 2 aromatic rings. The van der Waals surface area contributed by atoms with Gasteiger partial charge in [0.25, 0.3) is 0 Å². The molecule has 0 aliphatic rings. The largest absolute Gasteiger partial charge is 0.469 e. The van der Waals surface area contributed by atoms with E-state index in [9.17, 15) is 4.79 Å². The summed E-state index contributed by atoms with van der Waals surface area (Å²) in [5, 5.41) is 0. The molecule has 0 aliphatic carbocycles. The Kier molecular flexibility index (Phi) is 5.09. The van der Waals surface area contributed by atoms with Gasteiger partial charge in [0, 0.05) is 18.3 Å². The first-order valence-electron chi connectivity index (χ1n) is 7.21. The van der Waals surface area contributed by atoms with Gasteiger partial charge in [-0.25, -0.2) is 0 Å². The fourth-order valence-electron chi connectivity index (χ4n) is 2.56. The highest BCUT2D eigenvalue weighted by molar-refractivity contribution is 5.71. The summed E-state index contributed by atoms with van der Waals surface area (Å²) in [6, 6.07) is 10.3. The summed E-state index contributed by atoms with van der Waals surface area (Å²) < 4.78 is 4.85. The minimum Gasteiger partial charge on any atom is -0.469 e. The number of carbonyl (C=O) groups excluding carboxylic acids is 1. The molecule has 0 N–H and O–H groups in total. The van der Waals surface area contributed by atoms with Crippen LogP contribution in [0, 0.1) is 6.92 Å². The van der Waals surface area contributed by atoms with Crippen molar-refractivity contribution in [3.63, 3.8) is 0 Å². The summed E-state index contributed by atoms with van der Waals surface area (Å²) in [4.78, 5) is 15.8. The minimum atomic E-state index is -0.199. The highest BCUT2D eigenvalue weighted by Gasteiger charge is 2.19. The van der Waals surface area contributed by atoms with E-state index in [-0.39, 0.29) is 11.9 Å². The number of aryl methyl sites for hydroxylation is 2. The monoisotopic (exact) mass is 283 g/mol. The number of carbonyl (C=O) groups is 1. The number of rotatable bonds is 5. The maximum absolute atomic E-state index is 11.8. The highest BCUT2D eigenvalue weighted by Crippen LogP contribution is 2.29. The second-order valence-corrected chi connectivity index (χ2v) is 5.15. The molecule has 21 heavy (non-hydrogen) atoms. The third-order valence-electron chi connectivity index (χ3n) is 3.86. The zero-order valence-electron chi connectivity index (χ0n) is 12.8. The Balaban J connectivity index is 2.42. The smallest absolute Gasteiger partial charge is 0.306 e. The number of pyridine rings is 1. The summed E-state index contributed by atoms with van der Waals surface area (Å²) in [7, 11) is 1.43. The van der Waals surface area contributed by atoms with Crippen LogP contribution in [0.3, 0.4) is 0 Å². The van der Waals surface area contributed by atoms with Gasteiger partial charge < -0.3 is 4.74 Å². The Morgan fingerprint density at radius 2 is 1.90 bits per heavy atom. The van der Waals surface area contributed by atoms with Crippen LogP contribution < -0.4 is 0 Å². The van der Waals surface area contributed by atoms with Crippen LogP contribution in [0.4, 0.5) is 0 Å². The van der Waals surface area contributed by atoms with Crippen molar-refractivity contribution >= 4 is 5.97 Å². The van der Waals surface area contributed by atoms with Crippen molar-refractivity contribution in [3.8, 4) is 0 Å². The predicted octanol–water partition coefficient (Wildman–Crippen LogP) is 3.65. The molecule has 0 saturated heterocycles. The average Bonchev–Trinajstić information content (AvgIpc) is 2.54. The molecule has 1 unspecified atom stereocenters. The average molecular weight is 283 g/mol. The number of hydrogen-bond donors (Lipinski definition) is 0. The van der Waals surface area contributed by atoms with Crippen molar-refractivity contribution in [3.05, 3.63) is 65.0 Å². The van der Waals surface area contributed by atoms with Gasteiger partial charge in [-0.1, -0.05) is 25.1 Å². The van der Waals surface area contributed by atoms with Crippen LogP contribution in [-0.2, 0) is 16.0 Å². The molecule has 1 aromatic heterocycles. The molecule has 2 rings (SSSR count). The standard InChI is InChI=1S/C18H21NO2/c1-4-14-11-16(6-5-13(14)2)17(12-18(20)21-3)15-7-9-19-10-8-15/h5-11,17H,4,12H2,1-3H3. The van der Waals surface area contributed by atoms with Crippen LogP contribution in [0.15, 0.2) is 42.7 Å². The number of methoxy groups -OCH3 is 1. The minimum absolute atomic E-state index is 0.00588. The lowest BCUT2D eigenvalue weighted by Gasteiger charge is -2.18. The molecule has 0 bridgehead atoms. The van der Waals surface area contributed by atoms with Gasteiger partial charge in [0.2, 0.25) is 0 Å². The van der Waals surface area contributed by atoms with E-state index in [0.717, 1.165) is 17.5 Å². The molecule has 0 saturated carbocycles. The van der Waals surface area contributed by atoms with Crippen molar-refractivity contribution in [1.29, 1.82) is 0 Å². The van der Waals surface area contributed by atoms with Gasteiger partial charge >= 0.3 is 5.97 Å². The van der Waals surface area contributed by atoms with Crippen molar-refractivity contribution in [2.75, 3.05) is 7.11 Å². The molecule has 0 fully saturated rings. The van der Waals surface area contributed by atoms with Crippen LogP contribution in [0.25, 0.3) is 0 Å². The van der Waals surface area contributed by atoms with Gasteiger partial charge in [-0.15, -0.1) is 0 Å². The van der Waals surface area contributed by atoms with Crippen molar-refractivity contribution in [2.24, 2.45) is 0 Å². The Hall–Kier alpha value is -2.16. The van der Waals surface area contributed by atoms with Gasteiger partial charge in [0.05, 0.1) is 13.5 Å². The Morgan fingerprint density at radius 1 is 1.19 bits per heavy atom. The second-order valence-electron chi connectivity index (χ2n) is 5.15. The number of aromatic nitrogens is 1. The topological polar surface area (TPSA) is 39.2 Å². The quantitative estimate of drug-likeness (QED) is 0.786. The molecule has 1 aromatic carbocycles. The van der Waals surface area contributed by atoms with Crippen molar-refractivity contribution < 1.29 is 9.53 Å². The molecule has 1 atom stereocenters. The predicted molar refractivity (Wildman–Crippen MR) is 83.3 cm³/mol. The second kappa shape index (κ2) is 7.02. The summed E-state index contributed by atoms with van der Waals surface area (Å²) in [6.07, 6.45) is 4.84.